The number of rotatable bonds is 1. The van der Waals surface area contributed by atoms with Crippen molar-refractivity contribution in [2.75, 3.05) is 11.9 Å². The van der Waals surface area contributed by atoms with E-state index in [9.17, 15) is 14.4 Å². The van der Waals surface area contributed by atoms with E-state index in [1.54, 1.807) is 37.4 Å². The van der Waals surface area contributed by atoms with Crippen LogP contribution in [0.5, 0.6) is 0 Å². The summed E-state index contributed by atoms with van der Waals surface area (Å²) in [6.07, 6.45) is 1.77. The van der Waals surface area contributed by atoms with E-state index in [2.05, 4.69) is 16.3 Å². The molecule has 0 saturated carbocycles. The van der Waals surface area contributed by atoms with Crippen LogP contribution in [0.3, 0.4) is 0 Å². The van der Waals surface area contributed by atoms with Gasteiger partial charge in [-0.15, -0.1) is 0 Å². The van der Waals surface area contributed by atoms with Crippen molar-refractivity contribution in [3.05, 3.63) is 111 Å². The maximum Gasteiger partial charge on any atom is 0.271 e. The molecule has 4 aromatic carbocycles. The van der Waals surface area contributed by atoms with Crippen LogP contribution in [0.2, 0.25) is 0 Å². The van der Waals surface area contributed by atoms with Gasteiger partial charge in [0, 0.05) is 12.6 Å². The summed E-state index contributed by atoms with van der Waals surface area (Å²) >= 11 is 0. The first-order chi connectivity index (χ1) is 16.5. The Balaban J connectivity index is 1.74. The van der Waals surface area contributed by atoms with Gasteiger partial charge in [-0.25, -0.2) is 0 Å². The van der Waals surface area contributed by atoms with E-state index >= 15 is 0 Å². The van der Waals surface area contributed by atoms with E-state index in [-0.39, 0.29) is 16.1 Å². The van der Waals surface area contributed by atoms with E-state index in [0.29, 0.717) is 11.3 Å². The van der Waals surface area contributed by atoms with E-state index in [0.717, 1.165) is 27.1 Å². The van der Waals surface area contributed by atoms with Crippen LogP contribution in [0.25, 0.3) is 33.2 Å². The summed E-state index contributed by atoms with van der Waals surface area (Å²) in [5, 5.41) is 9.82. The first-order valence-electron chi connectivity index (χ1n) is 10.9. The van der Waals surface area contributed by atoms with Gasteiger partial charge in [0.15, 0.2) is 0 Å². The number of aromatic nitrogens is 2. The smallest absolute Gasteiger partial charge is 0.271 e. The third-order valence-electron chi connectivity index (χ3n) is 6.42. The SMILES string of the molecule is CN1C(=O)/C(=c2\[nH][nH]c(=O)\c2=C/c2c3ccccc3cc3ccccc23)C(=O)c2ccccc21. The number of para-hydroxylation sites is 1. The van der Waals surface area contributed by atoms with Gasteiger partial charge >= 0.3 is 0 Å². The number of anilines is 1. The molecule has 0 bridgehead atoms. The predicted octanol–water partition coefficient (Wildman–Crippen LogP) is 2.85. The maximum atomic E-state index is 13.4. The van der Waals surface area contributed by atoms with Crippen molar-refractivity contribution in [2.24, 2.45) is 0 Å². The zero-order chi connectivity index (χ0) is 23.4. The number of ketones is 1. The molecular weight excluding hydrogens is 426 g/mol. The Morgan fingerprint density at radius 2 is 1.38 bits per heavy atom. The molecule has 164 valence electrons. The van der Waals surface area contributed by atoms with Gasteiger partial charge < -0.3 is 4.90 Å². The summed E-state index contributed by atoms with van der Waals surface area (Å²) in [6.45, 7) is 0. The van der Waals surface area contributed by atoms with Crippen molar-refractivity contribution < 1.29 is 9.59 Å². The number of hydrogen-bond donors (Lipinski definition) is 2. The highest BCUT2D eigenvalue weighted by atomic mass is 16.2. The first kappa shape index (κ1) is 19.9. The maximum absolute atomic E-state index is 13.4. The number of hydrogen-bond acceptors (Lipinski definition) is 3. The number of carbonyl (C=O) groups is 2. The Labute approximate surface area is 193 Å². The van der Waals surface area contributed by atoms with Crippen molar-refractivity contribution >= 4 is 50.6 Å². The third kappa shape index (κ3) is 2.85. The Hall–Kier alpha value is -4.71. The second-order valence-electron chi connectivity index (χ2n) is 8.33. The fraction of sp³-hybridized carbons (Fsp3) is 0.0357. The topological polar surface area (TPSA) is 86.0 Å². The summed E-state index contributed by atoms with van der Waals surface area (Å²) in [5.74, 6) is -0.872. The fourth-order valence-electron chi connectivity index (χ4n) is 4.74. The average molecular weight is 445 g/mol. The molecule has 1 aliphatic rings. The van der Waals surface area contributed by atoms with Gasteiger partial charge in [0.1, 0.15) is 5.57 Å². The number of H-pyrrole nitrogens is 2. The second-order valence-corrected chi connectivity index (χ2v) is 8.33. The van der Waals surface area contributed by atoms with Gasteiger partial charge in [-0.05, 0) is 51.4 Å². The molecule has 2 N–H and O–H groups in total. The third-order valence-corrected chi connectivity index (χ3v) is 6.42. The summed E-state index contributed by atoms with van der Waals surface area (Å²) < 4.78 is 0. The quantitative estimate of drug-likeness (QED) is 0.389. The summed E-state index contributed by atoms with van der Waals surface area (Å²) in [5.41, 5.74) is 1.36. The number of nitrogens with one attached hydrogen (secondary N) is 2. The molecule has 1 aromatic heterocycles. The van der Waals surface area contributed by atoms with E-state index < -0.39 is 17.2 Å². The molecule has 0 fully saturated rings. The molecule has 6 nitrogen and oxygen atoms in total. The van der Waals surface area contributed by atoms with Gasteiger partial charge in [-0.2, -0.15) is 0 Å². The molecular formula is C28H19N3O3. The van der Waals surface area contributed by atoms with E-state index in [4.69, 9.17) is 0 Å². The van der Waals surface area contributed by atoms with Gasteiger partial charge in [0.2, 0.25) is 5.78 Å². The molecule has 6 rings (SSSR count). The number of carbonyl (C=O) groups excluding carboxylic acids is 2. The number of aromatic amines is 2. The Morgan fingerprint density at radius 3 is 2.09 bits per heavy atom. The molecule has 6 heteroatoms. The molecule has 34 heavy (non-hydrogen) atoms. The van der Waals surface area contributed by atoms with Crippen molar-refractivity contribution in [1.82, 2.24) is 10.2 Å². The van der Waals surface area contributed by atoms with Crippen molar-refractivity contribution in [1.29, 1.82) is 0 Å². The molecule has 5 aromatic rings. The van der Waals surface area contributed by atoms with E-state index in [1.165, 1.54) is 4.90 Å². The van der Waals surface area contributed by atoms with Crippen molar-refractivity contribution in [3.63, 3.8) is 0 Å². The Bertz CT molecular complexity index is 1790. The van der Waals surface area contributed by atoms with Crippen LogP contribution in [-0.2, 0) is 4.79 Å². The number of amides is 1. The fourth-order valence-corrected chi connectivity index (χ4v) is 4.74. The van der Waals surface area contributed by atoms with Crippen molar-refractivity contribution in [2.45, 2.75) is 0 Å². The normalized spacial score (nSPS) is 15.9. The van der Waals surface area contributed by atoms with Crippen LogP contribution in [-0.4, -0.2) is 28.9 Å². The number of Topliss-reactive ketones (excluding diaryl/α,β-unsaturated/α-hetero) is 1. The lowest BCUT2D eigenvalue weighted by Crippen LogP contribution is -2.44. The van der Waals surface area contributed by atoms with E-state index in [1.807, 2.05) is 48.5 Å². The van der Waals surface area contributed by atoms with Gasteiger partial charge in [-0.1, -0.05) is 60.7 Å². The van der Waals surface area contributed by atoms with Gasteiger partial charge in [0.25, 0.3) is 11.5 Å². The lowest BCUT2D eigenvalue weighted by atomic mass is 9.94. The lowest BCUT2D eigenvalue weighted by molar-refractivity contribution is -0.113. The zero-order valence-electron chi connectivity index (χ0n) is 18.3. The molecule has 1 aliphatic heterocycles. The summed E-state index contributed by atoms with van der Waals surface area (Å²) in [6, 6.07) is 25.0. The van der Waals surface area contributed by atoms with Crippen LogP contribution >= 0.6 is 0 Å². The Morgan fingerprint density at radius 1 is 0.765 bits per heavy atom. The highest BCUT2D eigenvalue weighted by Gasteiger charge is 2.33. The molecule has 2 heterocycles. The molecule has 0 saturated heterocycles. The van der Waals surface area contributed by atoms with Crippen LogP contribution in [0.4, 0.5) is 5.69 Å². The standard InChI is InChI=1S/C28H19N3O3/c1-31-23-13-7-6-12-20(23)26(32)24(28(31)34)25-22(27(33)30-29-25)15-21-18-10-4-2-8-16(18)14-17-9-3-5-11-19(17)21/h2-15,29H,1H3,(H,30,33)/b22-15-,25-24-. The molecule has 0 aliphatic carbocycles. The lowest BCUT2D eigenvalue weighted by Gasteiger charge is -2.25. The second kappa shape index (κ2) is 7.42. The first-order valence-corrected chi connectivity index (χ1v) is 10.9. The van der Waals surface area contributed by atoms with Crippen LogP contribution < -0.4 is 21.0 Å². The van der Waals surface area contributed by atoms with Gasteiger partial charge in [-0.3, -0.25) is 24.6 Å². The summed E-state index contributed by atoms with van der Waals surface area (Å²) in [7, 11) is 1.62. The van der Waals surface area contributed by atoms with Crippen LogP contribution in [0.15, 0.2) is 83.7 Å². The Kier molecular flexibility index (Phi) is 4.35. The predicted molar refractivity (Wildman–Crippen MR) is 133 cm³/mol. The monoisotopic (exact) mass is 445 g/mol. The average Bonchev–Trinajstić information content (AvgIpc) is 3.22. The number of fused-ring (bicyclic) bond motifs is 3. The molecule has 0 radical (unpaired) electrons. The zero-order valence-corrected chi connectivity index (χ0v) is 18.3. The molecule has 0 unspecified atom stereocenters. The largest absolute Gasteiger partial charge is 0.310 e. The van der Waals surface area contributed by atoms with Crippen LogP contribution in [0.1, 0.15) is 15.9 Å². The number of benzene rings is 4. The minimum absolute atomic E-state index is 0.0599. The van der Waals surface area contributed by atoms with Crippen LogP contribution in [0, 0.1) is 0 Å². The number of nitrogens with zero attached hydrogens (tertiary/aromatic N) is 1. The molecule has 0 atom stereocenters. The highest BCUT2D eigenvalue weighted by Crippen LogP contribution is 2.30. The summed E-state index contributed by atoms with van der Waals surface area (Å²) in [4.78, 5) is 41.0. The minimum atomic E-state index is -0.462. The minimum Gasteiger partial charge on any atom is -0.310 e. The van der Waals surface area contributed by atoms with Gasteiger partial charge in [0.05, 0.1) is 16.3 Å². The molecule has 1 amide bonds. The molecule has 0 spiro atoms. The highest BCUT2D eigenvalue weighted by molar-refractivity contribution is 6.51. The van der Waals surface area contributed by atoms with Crippen molar-refractivity contribution in [3.8, 4) is 0 Å².